The molecule has 1 aromatic heterocycles. The second kappa shape index (κ2) is 5.76. The van der Waals surface area contributed by atoms with Crippen molar-refractivity contribution in [1.29, 1.82) is 0 Å². The zero-order valence-electron chi connectivity index (χ0n) is 10.6. The highest BCUT2D eigenvalue weighted by Gasteiger charge is 2.08. The summed E-state index contributed by atoms with van der Waals surface area (Å²) >= 11 is 5.94. The van der Waals surface area contributed by atoms with E-state index in [1.807, 2.05) is 30.3 Å². The summed E-state index contributed by atoms with van der Waals surface area (Å²) in [6.07, 6.45) is 1.39. The van der Waals surface area contributed by atoms with E-state index in [9.17, 15) is 4.79 Å². The molecule has 2 aromatic rings. The molecule has 1 heterocycles. The zero-order chi connectivity index (χ0) is 13.8. The van der Waals surface area contributed by atoms with Crippen molar-refractivity contribution in [2.75, 3.05) is 7.11 Å². The second-order valence-corrected chi connectivity index (χ2v) is 4.46. The Labute approximate surface area is 116 Å². The highest BCUT2D eigenvalue weighted by Crippen LogP contribution is 2.27. The van der Waals surface area contributed by atoms with Gasteiger partial charge in [0.15, 0.2) is 0 Å². The molecule has 0 saturated carbocycles. The van der Waals surface area contributed by atoms with Crippen molar-refractivity contribution in [2.45, 2.75) is 6.92 Å². The maximum absolute atomic E-state index is 11.2. The summed E-state index contributed by atoms with van der Waals surface area (Å²) in [5.74, 6) is 0.925. The number of carbonyl (C=O) groups excluding carboxylic acids is 1. The molecule has 0 spiro atoms. The van der Waals surface area contributed by atoms with Crippen LogP contribution in [0, 0.1) is 0 Å². The van der Waals surface area contributed by atoms with E-state index in [0.717, 1.165) is 5.56 Å². The molecule has 0 atom stereocenters. The lowest BCUT2D eigenvalue weighted by Gasteiger charge is -1.99. The van der Waals surface area contributed by atoms with Crippen molar-refractivity contribution in [1.82, 2.24) is 0 Å². The van der Waals surface area contributed by atoms with Gasteiger partial charge in [-0.2, -0.15) is 0 Å². The number of hydrogen-bond acceptors (Lipinski definition) is 3. The Morgan fingerprint density at radius 3 is 2.79 bits per heavy atom. The lowest BCUT2D eigenvalue weighted by atomic mass is 10.2. The third-order valence-corrected chi connectivity index (χ3v) is 2.87. The standard InChI is InChI=1S/C15H13ClO3/c1-10(8-15(17)18-2)13-6-7-14(19-13)11-4-3-5-12(16)9-11/h3-9H,1-2H3/b10-8+. The number of esters is 1. The van der Waals surface area contributed by atoms with E-state index < -0.39 is 5.97 Å². The minimum atomic E-state index is -0.404. The number of halogens is 1. The molecule has 19 heavy (non-hydrogen) atoms. The summed E-state index contributed by atoms with van der Waals surface area (Å²) in [7, 11) is 1.34. The van der Waals surface area contributed by atoms with Crippen LogP contribution < -0.4 is 0 Å². The first-order valence-corrected chi connectivity index (χ1v) is 6.10. The largest absolute Gasteiger partial charge is 0.466 e. The van der Waals surface area contributed by atoms with Gasteiger partial charge < -0.3 is 9.15 Å². The van der Waals surface area contributed by atoms with Crippen LogP contribution in [0.15, 0.2) is 46.9 Å². The van der Waals surface area contributed by atoms with Crippen molar-refractivity contribution >= 4 is 23.1 Å². The van der Waals surface area contributed by atoms with Gasteiger partial charge in [0.1, 0.15) is 11.5 Å². The summed E-state index contributed by atoms with van der Waals surface area (Å²) in [5.41, 5.74) is 1.60. The van der Waals surface area contributed by atoms with Crippen LogP contribution in [0.4, 0.5) is 0 Å². The number of allylic oxidation sites excluding steroid dienone is 1. The third-order valence-electron chi connectivity index (χ3n) is 2.64. The normalized spacial score (nSPS) is 11.4. The van der Waals surface area contributed by atoms with Crippen molar-refractivity contribution in [3.8, 4) is 11.3 Å². The molecule has 0 unspecified atom stereocenters. The summed E-state index contributed by atoms with van der Waals surface area (Å²) in [4.78, 5) is 11.2. The topological polar surface area (TPSA) is 39.4 Å². The molecule has 3 nitrogen and oxygen atoms in total. The van der Waals surface area contributed by atoms with Crippen LogP contribution in [-0.4, -0.2) is 13.1 Å². The van der Waals surface area contributed by atoms with Crippen LogP contribution >= 0.6 is 11.6 Å². The van der Waals surface area contributed by atoms with Crippen LogP contribution in [0.3, 0.4) is 0 Å². The molecule has 0 aliphatic carbocycles. The van der Waals surface area contributed by atoms with Gasteiger partial charge in [-0.3, -0.25) is 0 Å². The van der Waals surface area contributed by atoms with E-state index in [0.29, 0.717) is 22.1 Å². The fourth-order valence-corrected chi connectivity index (χ4v) is 1.84. The summed E-state index contributed by atoms with van der Waals surface area (Å²) in [5, 5.41) is 0.650. The van der Waals surface area contributed by atoms with E-state index in [2.05, 4.69) is 4.74 Å². The molecule has 0 N–H and O–H groups in total. The minimum Gasteiger partial charge on any atom is -0.466 e. The summed E-state index contributed by atoms with van der Waals surface area (Å²) in [6.45, 7) is 1.79. The van der Waals surface area contributed by atoms with Crippen molar-refractivity contribution in [3.05, 3.63) is 53.3 Å². The number of furan rings is 1. The maximum atomic E-state index is 11.2. The number of hydrogen-bond donors (Lipinski definition) is 0. The molecule has 2 rings (SSSR count). The second-order valence-electron chi connectivity index (χ2n) is 4.02. The van der Waals surface area contributed by atoms with Gasteiger partial charge in [-0.05, 0) is 36.8 Å². The van der Waals surface area contributed by atoms with Gasteiger partial charge in [-0.1, -0.05) is 23.7 Å². The number of ether oxygens (including phenoxy) is 1. The van der Waals surface area contributed by atoms with Gasteiger partial charge in [0.25, 0.3) is 0 Å². The molecule has 0 fully saturated rings. The minimum absolute atomic E-state index is 0.404. The average molecular weight is 277 g/mol. The van der Waals surface area contributed by atoms with Gasteiger partial charge in [0.2, 0.25) is 0 Å². The van der Waals surface area contributed by atoms with Crippen LogP contribution in [0.2, 0.25) is 5.02 Å². The quantitative estimate of drug-likeness (QED) is 0.624. The molecule has 0 radical (unpaired) electrons. The zero-order valence-corrected chi connectivity index (χ0v) is 11.4. The Bertz CT molecular complexity index is 626. The summed E-state index contributed by atoms with van der Waals surface area (Å²) in [6, 6.07) is 11.0. The van der Waals surface area contributed by atoms with Crippen molar-refractivity contribution < 1.29 is 13.9 Å². The predicted octanol–water partition coefficient (Wildman–Crippen LogP) is 4.18. The molecule has 98 valence electrons. The Hall–Kier alpha value is -2.00. The Kier molecular flexibility index (Phi) is 4.07. The Balaban J connectivity index is 2.29. The number of carbonyl (C=O) groups is 1. The number of benzene rings is 1. The SMILES string of the molecule is COC(=O)/C=C(\C)c1ccc(-c2cccc(Cl)c2)o1. The molecule has 4 heteroatoms. The Morgan fingerprint density at radius 1 is 1.32 bits per heavy atom. The molecular formula is C15H13ClO3. The first-order valence-electron chi connectivity index (χ1n) is 5.72. The molecule has 0 aliphatic rings. The van der Waals surface area contributed by atoms with E-state index in [-0.39, 0.29) is 0 Å². The molecule has 0 saturated heterocycles. The molecule has 0 bridgehead atoms. The van der Waals surface area contributed by atoms with E-state index in [4.69, 9.17) is 16.0 Å². The third kappa shape index (κ3) is 3.26. The van der Waals surface area contributed by atoms with Crippen molar-refractivity contribution in [3.63, 3.8) is 0 Å². The Morgan fingerprint density at radius 2 is 2.11 bits per heavy atom. The highest BCUT2D eigenvalue weighted by molar-refractivity contribution is 6.30. The monoisotopic (exact) mass is 276 g/mol. The van der Waals surface area contributed by atoms with E-state index in [1.165, 1.54) is 13.2 Å². The van der Waals surface area contributed by atoms with Crippen LogP contribution in [0.1, 0.15) is 12.7 Å². The van der Waals surface area contributed by atoms with Gasteiger partial charge in [0, 0.05) is 16.7 Å². The lowest BCUT2D eigenvalue weighted by Crippen LogP contribution is -1.95. The van der Waals surface area contributed by atoms with Gasteiger partial charge in [-0.15, -0.1) is 0 Å². The van der Waals surface area contributed by atoms with Crippen LogP contribution in [0.25, 0.3) is 16.9 Å². The van der Waals surface area contributed by atoms with Gasteiger partial charge in [-0.25, -0.2) is 4.79 Å². The van der Waals surface area contributed by atoms with Crippen molar-refractivity contribution in [2.24, 2.45) is 0 Å². The van der Waals surface area contributed by atoms with Gasteiger partial charge in [0.05, 0.1) is 7.11 Å². The first kappa shape index (κ1) is 13.4. The smallest absolute Gasteiger partial charge is 0.330 e. The molecular weight excluding hydrogens is 264 g/mol. The van der Waals surface area contributed by atoms with Gasteiger partial charge >= 0.3 is 5.97 Å². The molecule has 0 amide bonds. The van der Waals surface area contributed by atoms with E-state index in [1.54, 1.807) is 13.0 Å². The highest BCUT2D eigenvalue weighted by atomic mass is 35.5. The molecule has 1 aromatic carbocycles. The lowest BCUT2D eigenvalue weighted by molar-refractivity contribution is -0.134. The summed E-state index contributed by atoms with van der Waals surface area (Å²) < 4.78 is 10.3. The molecule has 0 aliphatic heterocycles. The maximum Gasteiger partial charge on any atom is 0.330 e. The van der Waals surface area contributed by atoms with E-state index >= 15 is 0 Å². The first-order chi connectivity index (χ1) is 9.10. The van der Waals surface area contributed by atoms with Crippen LogP contribution in [0.5, 0.6) is 0 Å². The number of methoxy groups -OCH3 is 1. The van der Waals surface area contributed by atoms with Crippen LogP contribution in [-0.2, 0) is 9.53 Å². The fourth-order valence-electron chi connectivity index (χ4n) is 1.65. The average Bonchev–Trinajstić information content (AvgIpc) is 2.88. The fraction of sp³-hybridized carbons (Fsp3) is 0.133. The predicted molar refractivity (Wildman–Crippen MR) is 74.8 cm³/mol. The number of rotatable bonds is 3.